The Balaban J connectivity index is 1.94. The second-order valence-electron chi connectivity index (χ2n) is 8.08. The van der Waals surface area contributed by atoms with Crippen LogP contribution in [0.4, 0.5) is 0 Å². The van der Waals surface area contributed by atoms with Gasteiger partial charge in [0.25, 0.3) is 5.91 Å². The van der Waals surface area contributed by atoms with Crippen molar-refractivity contribution in [2.75, 3.05) is 26.4 Å². The molecule has 12 heteroatoms. The van der Waals surface area contributed by atoms with Gasteiger partial charge in [0.2, 0.25) is 5.71 Å². The van der Waals surface area contributed by atoms with E-state index in [4.69, 9.17) is 4.42 Å². The Morgan fingerprint density at radius 3 is 2.59 bits per heavy atom. The lowest BCUT2D eigenvalue weighted by Gasteiger charge is -2.24. The summed E-state index contributed by atoms with van der Waals surface area (Å²) >= 11 is -0.429. The minimum Gasteiger partial charge on any atom is -0.760 e. The zero-order valence-electron chi connectivity index (χ0n) is 19.0. The Morgan fingerprint density at radius 2 is 2.00 bits per heavy atom. The number of benzene rings is 1. The molecule has 2 aromatic heterocycles. The number of hydrogen-bond acceptors (Lipinski definition) is 6. The van der Waals surface area contributed by atoms with Crippen molar-refractivity contribution >= 4 is 58.2 Å². The molecule has 0 aliphatic carbocycles. The molecule has 0 saturated carbocycles. The van der Waals surface area contributed by atoms with Crippen LogP contribution < -0.4 is 5.32 Å². The third kappa shape index (κ3) is 6.73. The van der Waals surface area contributed by atoms with Gasteiger partial charge < -0.3 is 19.2 Å². The van der Waals surface area contributed by atoms with Crippen molar-refractivity contribution < 1.29 is 27.4 Å². The van der Waals surface area contributed by atoms with Crippen LogP contribution in [0.5, 0.6) is 0 Å². The Hall–Kier alpha value is -1.63. The number of nitrogens with one attached hydrogen (secondary N) is 1. The van der Waals surface area contributed by atoms with Crippen molar-refractivity contribution in [3.63, 3.8) is 0 Å². The lowest BCUT2D eigenvalue weighted by atomic mass is 10.0. The molecule has 1 aromatic carbocycles. The van der Waals surface area contributed by atoms with Gasteiger partial charge in [-0.2, -0.15) is 0 Å². The van der Waals surface area contributed by atoms with Gasteiger partial charge in [0.05, 0.1) is 23.2 Å². The summed E-state index contributed by atoms with van der Waals surface area (Å²) in [6, 6.07) is 9.36. The van der Waals surface area contributed by atoms with Crippen LogP contribution in [-0.4, -0.2) is 55.3 Å². The summed E-state index contributed by atoms with van der Waals surface area (Å²) in [6.07, 6.45) is 1.03. The van der Waals surface area contributed by atoms with Gasteiger partial charge in [-0.1, -0.05) is 29.8 Å². The smallest absolute Gasteiger partial charge is 0.255 e. The standard InChI is InChI=1S/C22H27IN3O6PS/c1-14-6-8-15(9-7-14)20-19(21(27)24-2)16-12-17(23)18(25-22(16)32-20)13-26(34(30)31)10-4-5-11-33(3,28)29/h6-9,12H,4-5,10-11,13H2,1-3H3,(H,24,27)(H,28,29)(H,30,31)/p-1. The molecule has 2 atom stereocenters. The number of aromatic nitrogens is 1. The van der Waals surface area contributed by atoms with E-state index in [1.165, 1.54) is 11.0 Å². The molecule has 34 heavy (non-hydrogen) atoms. The quantitative estimate of drug-likeness (QED) is 0.152. The SMILES string of the molecule is CNC(=O)c1c(-c2ccc(C)cc2)oc2nc(CN(CCCCP(C)(=O)O)S(=O)[O-])c(I)cc12. The number of amides is 1. The zero-order chi connectivity index (χ0) is 25.0. The number of unbranched alkanes of at least 4 members (excludes halogenated alkanes) is 1. The van der Waals surface area contributed by atoms with Crippen LogP contribution >= 0.6 is 30.0 Å². The van der Waals surface area contributed by atoms with Crippen LogP contribution in [0, 0.1) is 10.5 Å². The second kappa shape index (κ2) is 11.4. The highest BCUT2D eigenvalue weighted by Gasteiger charge is 2.24. The third-order valence-corrected chi connectivity index (χ3v) is 8.06. The number of pyridine rings is 1. The maximum Gasteiger partial charge on any atom is 0.255 e. The number of furan rings is 1. The first-order chi connectivity index (χ1) is 16.0. The first-order valence-electron chi connectivity index (χ1n) is 10.5. The molecule has 2 N–H and O–H groups in total. The molecule has 3 aromatic rings. The Morgan fingerprint density at radius 1 is 1.32 bits per heavy atom. The summed E-state index contributed by atoms with van der Waals surface area (Å²) in [7, 11) is -1.58. The van der Waals surface area contributed by atoms with Crippen molar-refractivity contribution in [2.24, 2.45) is 0 Å². The molecular weight excluding hydrogens is 592 g/mol. The van der Waals surface area contributed by atoms with E-state index in [9.17, 15) is 23.0 Å². The Kier molecular flexibility index (Phi) is 9.04. The number of halogens is 1. The molecule has 1 amide bonds. The van der Waals surface area contributed by atoms with Crippen LogP contribution in [0.3, 0.4) is 0 Å². The molecule has 2 unspecified atom stereocenters. The third-order valence-electron chi connectivity index (χ3n) is 5.24. The zero-order valence-corrected chi connectivity index (χ0v) is 22.9. The fourth-order valence-corrected chi connectivity index (χ4v) is 5.39. The van der Waals surface area contributed by atoms with Gasteiger partial charge in [0, 0.05) is 46.8 Å². The maximum atomic E-state index is 12.7. The molecular formula is C22H26IN3O6PS-. The fraction of sp³-hybridized carbons (Fsp3) is 0.364. The topological polar surface area (TPSA) is 136 Å². The summed E-state index contributed by atoms with van der Waals surface area (Å²) in [5.74, 6) is 0.0890. The van der Waals surface area contributed by atoms with E-state index in [0.29, 0.717) is 38.8 Å². The first-order valence-corrected chi connectivity index (χ1v) is 14.9. The van der Waals surface area contributed by atoms with Gasteiger partial charge in [0.1, 0.15) is 5.76 Å². The lowest BCUT2D eigenvalue weighted by molar-refractivity contribution is 0.0964. The van der Waals surface area contributed by atoms with E-state index >= 15 is 0 Å². The predicted octanol–water partition coefficient (Wildman–Crippen LogP) is 4.04. The van der Waals surface area contributed by atoms with E-state index in [1.807, 2.05) is 31.2 Å². The van der Waals surface area contributed by atoms with Gasteiger partial charge in [-0.05, 0) is 48.4 Å². The molecule has 0 aliphatic heterocycles. The molecule has 9 nitrogen and oxygen atoms in total. The number of rotatable bonds is 10. The fourth-order valence-electron chi connectivity index (χ4n) is 3.47. The van der Waals surface area contributed by atoms with E-state index in [-0.39, 0.29) is 30.9 Å². The van der Waals surface area contributed by atoms with E-state index in [2.05, 4.69) is 32.9 Å². The number of fused-ring (bicyclic) bond motifs is 1. The van der Waals surface area contributed by atoms with E-state index in [0.717, 1.165) is 11.1 Å². The van der Waals surface area contributed by atoms with Crippen LogP contribution in [0.15, 0.2) is 34.7 Å². The Labute approximate surface area is 214 Å². The minimum absolute atomic E-state index is 0.0170. The van der Waals surface area contributed by atoms with Crippen LogP contribution in [0.25, 0.3) is 22.4 Å². The van der Waals surface area contributed by atoms with E-state index in [1.54, 1.807) is 13.1 Å². The number of aryl methyl sites for hydroxylation is 1. The van der Waals surface area contributed by atoms with Gasteiger partial charge in [0.15, 0.2) is 7.37 Å². The molecule has 2 heterocycles. The molecule has 0 bridgehead atoms. The highest BCUT2D eigenvalue weighted by molar-refractivity contribution is 14.1. The van der Waals surface area contributed by atoms with Crippen molar-refractivity contribution in [1.82, 2.24) is 14.6 Å². The predicted molar refractivity (Wildman–Crippen MR) is 139 cm³/mol. The lowest BCUT2D eigenvalue weighted by Crippen LogP contribution is -2.27. The van der Waals surface area contributed by atoms with Crippen molar-refractivity contribution in [3.05, 3.63) is 50.7 Å². The molecule has 0 saturated heterocycles. The number of nitrogens with zero attached hydrogens (tertiary/aromatic N) is 2. The molecule has 184 valence electrons. The van der Waals surface area contributed by atoms with Crippen molar-refractivity contribution in [3.8, 4) is 11.3 Å². The summed E-state index contributed by atoms with van der Waals surface area (Å²) in [4.78, 5) is 26.7. The first kappa shape index (κ1) is 27.0. The normalized spacial score (nSPS) is 14.3. The van der Waals surface area contributed by atoms with Crippen molar-refractivity contribution in [2.45, 2.75) is 26.3 Å². The van der Waals surface area contributed by atoms with Crippen molar-refractivity contribution in [1.29, 1.82) is 0 Å². The monoisotopic (exact) mass is 618 g/mol. The van der Waals surface area contributed by atoms with Gasteiger partial charge in [-0.3, -0.25) is 13.6 Å². The molecule has 0 spiro atoms. The molecule has 0 aliphatic rings. The summed E-state index contributed by atoms with van der Waals surface area (Å²) in [5, 5.41) is 3.19. The van der Waals surface area contributed by atoms with Crippen LogP contribution in [0.1, 0.15) is 34.5 Å². The maximum absolute atomic E-state index is 12.7. The van der Waals surface area contributed by atoms with Crippen LogP contribution in [-0.2, 0) is 22.4 Å². The van der Waals surface area contributed by atoms with E-state index < -0.39 is 18.6 Å². The van der Waals surface area contributed by atoms with Gasteiger partial charge in [-0.25, -0.2) is 9.29 Å². The highest BCUT2D eigenvalue weighted by atomic mass is 127. The van der Waals surface area contributed by atoms with Gasteiger partial charge in [-0.15, -0.1) is 0 Å². The number of carbonyl (C=O) groups is 1. The summed E-state index contributed by atoms with van der Waals surface area (Å²) in [5.41, 5.74) is 2.91. The van der Waals surface area contributed by atoms with Crippen LogP contribution in [0.2, 0.25) is 0 Å². The second-order valence-corrected chi connectivity index (χ2v) is 12.7. The summed E-state index contributed by atoms with van der Waals surface area (Å²) in [6.45, 7) is 3.47. The molecule has 3 rings (SSSR count). The minimum atomic E-state index is -3.12. The highest BCUT2D eigenvalue weighted by Crippen LogP contribution is 2.36. The largest absolute Gasteiger partial charge is 0.760 e. The summed E-state index contributed by atoms with van der Waals surface area (Å²) < 4.78 is 42.9. The number of hydrogen-bond donors (Lipinski definition) is 2. The van der Waals surface area contributed by atoms with Gasteiger partial charge >= 0.3 is 0 Å². The molecule has 0 fully saturated rings. The average Bonchev–Trinajstić information content (AvgIpc) is 3.13. The Bertz CT molecular complexity index is 1260. The number of carbonyl (C=O) groups excluding carboxylic acids is 1. The molecule has 0 radical (unpaired) electrons. The average molecular weight is 618 g/mol.